The van der Waals surface area contributed by atoms with Crippen LogP contribution < -0.4 is 5.73 Å². The number of hydrogen-bond donors (Lipinski definition) is 2. The number of aromatic nitrogens is 1. The molecular formula is C15H22BrN3O2. The summed E-state index contributed by atoms with van der Waals surface area (Å²) < 4.78 is 0.787. The van der Waals surface area contributed by atoms with Crippen molar-refractivity contribution in [2.75, 3.05) is 6.54 Å². The van der Waals surface area contributed by atoms with Crippen LogP contribution in [0.15, 0.2) is 22.8 Å². The molecule has 1 saturated heterocycles. The monoisotopic (exact) mass is 355 g/mol. The Hall–Kier alpha value is -1.14. The summed E-state index contributed by atoms with van der Waals surface area (Å²) in [5, 5.41) is 9.24. The first-order valence-electron chi connectivity index (χ1n) is 7.18. The van der Waals surface area contributed by atoms with E-state index in [-0.39, 0.29) is 11.6 Å². The number of rotatable bonds is 4. The number of carbonyl (C=O) groups is 1. The van der Waals surface area contributed by atoms with E-state index in [1.165, 1.54) is 0 Å². The zero-order chi connectivity index (χ0) is 15.6. The maximum Gasteiger partial charge on any atom is 0.407 e. The van der Waals surface area contributed by atoms with E-state index in [1.807, 2.05) is 32.0 Å². The van der Waals surface area contributed by atoms with Gasteiger partial charge < -0.3 is 15.7 Å². The molecule has 5 nitrogen and oxygen atoms in total. The van der Waals surface area contributed by atoms with Gasteiger partial charge in [-0.1, -0.05) is 6.07 Å². The molecule has 1 aliphatic rings. The van der Waals surface area contributed by atoms with Crippen LogP contribution >= 0.6 is 15.9 Å². The lowest BCUT2D eigenvalue weighted by Crippen LogP contribution is -2.41. The van der Waals surface area contributed by atoms with Gasteiger partial charge in [0.15, 0.2) is 0 Å². The Morgan fingerprint density at radius 2 is 2.33 bits per heavy atom. The van der Waals surface area contributed by atoms with Crippen molar-refractivity contribution in [3.05, 3.63) is 28.5 Å². The van der Waals surface area contributed by atoms with Crippen molar-refractivity contribution in [2.45, 2.75) is 44.7 Å². The Balaban J connectivity index is 1.91. The minimum atomic E-state index is -0.833. The van der Waals surface area contributed by atoms with Gasteiger partial charge in [-0.15, -0.1) is 0 Å². The van der Waals surface area contributed by atoms with Crippen molar-refractivity contribution in [2.24, 2.45) is 11.7 Å². The number of nitrogens with zero attached hydrogens (tertiary/aromatic N) is 2. The summed E-state index contributed by atoms with van der Waals surface area (Å²) in [6.07, 6.45) is 1.79. The molecule has 0 radical (unpaired) electrons. The second kappa shape index (κ2) is 6.32. The van der Waals surface area contributed by atoms with Gasteiger partial charge in [0, 0.05) is 18.1 Å². The van der Waals surface area contributed by atoms with Gasteiger partial charge in [0.25, 0.3) is 0 Å². The maximum absolute atomic E-state index is 11.2. The van der Waals surface area contributed by atoms with Gasteiger partial charge in [0.1, 0.15) is 4.60 Å². The Kier molecular flexibility index (Phi) is 4.88. The summed E-state index contributed by atoms with van der Waals surface area (Å²) >= 11 is 3.35. The van der Waals surface area contributed by atoms with Crippen molar-refractivity contribution in [1.82, 2.24) is 9.88 Å². The lowest BCUT2D eigenvalue weighted by Gasteiger charge is -2.28. The van der Waals surface area contributed by atoms with E-state index < -0.39 is 6.09 Å². The molecule has 2 heterocycles. The van der Waals surface area contributed by atoms with Crippen molar-refractivity contribution >= 4 is 22.0 Å². The van der Waals surface area contributed by atoms with Crippen LogP contribution in [0, 0.1) is 5.92 Å². The molecule has 116 valence electrons. The van der Waals surface area contributed by atoms with Crippen LogP contribution in [-0.2, 0) is 0 Å². The predicted octanol–water partition coefficient (Wildman–Crippen LogP) is 3.40. The average molecular weight is 356 g/mol. The number of amides is 1. The number of nitrogens with two attached hydrogens (primary N) is 1. The quantitative estimate of drug-likeness (QED) is 0.811. The minimum Gasteiger partial charge on any atom is -0.465 e. The lowest BCUT2D eigenvalue weighted by atomic mass is 9.91. The highest BCUT2D eigenvalue weighted by Crippen LogP contribution is 2.35. The molecule has 0 bridgehead atoms. The van der Waals surface area contributed by atoms with E-state index in [9.17, 15) is 9.90 Å². The van der Waals surface area contributed by atoms with Gasteiger partial charge in [0.05, 0.1) is 5.69 Å². The Morgan fingerprint density at radius 1 is 1.62 bits per heavy atom. The van der Waals surface area contributed by atoms with E-state index in [0.717, 1.165) is 29.6 Å². The summed E-state index contributed by atoms with van der Waals surface area (Å²) in [5.41, 5.74) is 6.78. The Morgan fingerprint density at radius 3 is 2.90 bits per heavy atom. The van der Waals surface area contributed by atoms with E-state index in [0.29, 0.717) is 12.5 Å². The Labute approximate surface area is 133 Å². The molecule has 1 unspecified atom stereocenters. The molecule has 1 aliphatic heterocycles. The van der Waals surface area contributed by atoms with Gasteiger partial charge in [0.2, 0.25) is 0 Å². The molecule has 0 aromatic carbocycles. The fraction of sp³-hybridized carbons (Fsp3) is 0.600. The topological polar surface area (TPSA) is 79.5 Å². The van der Waals surface area contributed by atoms with Crippen LogP contribution in [0.2, 0.25) is 0 Å². The van der Waals surface area contributed by atoms with Crippen molar-refractivity contribution < 1.29 is 9.90 Å². The number of likely N-dealkylation sites (tertiary alicyclic amines) is 1. The molecule has 0 aliphatic carbocycles. The van der Waals surface area contributed by atoms with Crippen LogP contribution in [0.4, 0.5) is 4.79 Å². The summed E-state index contributed by atoms with van der Waals surface area (Å²) in [6.45, 7) is 4.56. The molecule has 6 heteroatoms. The third kappa shape index (κ3) is 3.95. The summed E-state index contributed by atoms with van der Waals surface area (Å²) in [7, 11) is 0. The van der Waals surface area contributed by atoms with E-state index in [4.69, 9.17) is 5.73 Å². The number of pyridine rings is 1. The zero-order valence-corrected chi connectivity index (χ0v) is 14.0. The number of carboxylic acid groups (broad SMARTS) is 1. The molecule has 1 aromatic rings. The fourth-order valence-corrected chi connectivity index (χ4v) is 3.47. The highest BCUT2D eigenvalue weighted by atomic mass is 79.9. The number of halogens is 1. The molecule has 21 heavy (non-hydrogen) atoms. The van der Waals surface area contributed by atoms with Crippen LogP contribution in [0.1, 0.15) is 44.8 Å². The molecule has 0 spiro atoms. The molecule has 1 aromatic heterocycles. The van der Waals surface area contributed by atoms with E-state index >= 15 is 0 Å². The first kappa shape index (κ1) is 16.2. The minimum absolute atomic E-state index is 0.107. The van der Waals surface area contributed by atoms with E-state index in [1.54, 1.807) is 4.90 Å². The standard InChI is InChI=1S/C15H22BrN3O2/c1-15(2)8-10(9-19(15)14(20)21)6-7-11(17)12-4-3-5-13(16)18-12/h3-5,10-11H,6-9,17H2,1-2H3,(H,20,21)/t10-,11?/m0/s1. The molecule has 0 saturated carbocycles. The maximum atomic E-state index is 11.2. The highest BCUT2D eigenvalue weighted by molar-refractivity contribution is 9.10. The SMILES string of the molecule is CC1(C)C[C@H](CCC(N)c2cccc(Br)n2)CN1C(=O)O. The van der Waals surface area contributed by atoms with Gasteiger partial charge in [-0.2, -0.15) is 0 Å². The fourth-order valence-electron chi connectivity index (χ4n) is 3.11. The van der Waals surface area contributed by atoms with Crippen molar-refractivity contribution in [3.63, 3.8) is 0 Å². The Bertz CT molecular complexity index is 521. The first-order valence-corrected chi connectivity index (χ1v) is 7.97. The van der Waals surface area contributed by atoms with Crippen LogP contribution in [-0.4, -0.2) is 33.2 Å². The first-order chi connectivity index (χ1) is 9.79. The van der Waals surface area contributed by atoms with E-state index in [2.05, 4.69) is 20.9 Å². The second-order valence-corrected chi connectivity index (χ2v) is 7.16. The van der Waals surface area contributed by atoms with Crippen LogP contribution in [0.3, 0.4) is 0 Å². The van der Waals surface area contributed by atoms with Crippen molar-refractivity contribution in [1.29, 1.82) is 0 Å². The zero-order valence-electron chi connectivity index (χ0n) is 12.4. The third-order valence-electron chi connectivity index (χ3n) is 4.19. The van der Waals surface area contributed by atoms with Gasteiger partial charge in [-0.25, -0.2) is 9.78 Å². The second-order valence-electron chi connectivity index (χ2n) is 6.34. The molecule has 3 N–H and O–H groups in total. The molecular weight excluding hydrogens is 334 g/mol. The molecule has 1 amide bonds. The smallest absolute Gasteiger partial charge is 0.407 e. The lowest BCUT2D eigenvalue weighted by molar-refractivity contribution is 0.117. The summed E-state index contributed by atoms with van der Waals surface area (Å²) in [5.74, 6) is 0.370. The largest absolute Gasteiger partial charge is 0.465 e. The van der Waals surface area contributed by atoms with Crippen LogP contribution in [0.25, 0.3) is 0 Å². The normalized spacial score (nSPS) is 22.3. The average Bonchev–Trinajstić information content (AvgIpc) is 2.71. The summed E-state index contributed by atoms with van der Waals surface area (Å²) in [6, 6.07) is 5.62. The molecule has 1 fully saturated rings. The van der Waals surface area contributed by atoms with Gasteiger partial charge in [-0.05, 0) is 67.1 Å². The van der Waals surface area contributed by atoms with Gasteiger partial charge in [-0.3, -0.25) is 0 Å². The molecule has 2 atom stereocenters. The van der Waals surface area contributed by atoms with Gasteiger partial charge >= 0.3 is 6.09 Å². The predicted molar refractivity (Wildman–Crippen MR) is 85.0 cm³/mol. The molecule has 2 rings (SSSR count). The summed E-state index contributed by atoms with van der Waals surface area (Å²) in [4.78, 5) is 17.2. The third-order valence-corrected chi connectivity index (χ3v) is 4.63. The van der Waals surface area contributed by atoms with Crippen LogP contribution in [0.5, 0.6) is 0 Å². The van der Waals surface area contributed by atoms with Crippen molar-refractivity contribution in [3.8, 4) is 0 Å². The number of hydrogen-bond acceptors (Lipinski definition) is 3. The highest BCUT2D eigenvalue weighted by Gasteiger charge is 2.40.